The van der Waals surface area contributed by atoms with Crippen LogP contribution < -0.4 is 10.6 Å². The highest BCUT2D eigenvalue weighted by molar-refractivity contribution is 7.16. The van der Waals surface area contributed by atoms with E-state index in [1.54, 1.807) is 18.2 Å². The molecule has 0 saturated heterocycles. The van der Waals surface area contributed by atoms with Crippen molar-refractivity contribution in [1.82, 2.24) is 10.2 Å². The Morgan fingerprint density at radius 1 is 1.00 bits per heavy atom. The minimum atomic E-state index is -0.459. The molecular formula is C17H12Cl2N4OS. The summed E-state index contributed by atoms with van der Waals surface area (Å²) < 4.78 is 0. The fourth-order valence-electron chi connectivity index (χ4n) is 1.93. The SMILES string of the molecule is O=C(Nc1nnc(/C=C/c2ccccc2)s1)Nc1ccc(Cl)cc1Cl. The third-order valence-corrected chi connectivity index (χ3v) is 4.41. The molecule has 3 rings (SSSR count). The predicted octanol–water partition coefficient (Wildman–Crippen LogP) is 5.66. The first-order valence-electron chi connectivity index (χ1n) is 7.20. The lowest BCUT2D eigenvalue weighted by Crippen LogP contribution is -2.19. The summed E-state index contributed by atoms with van der Waals surface area (Å²) in [4.78, 5) is 12.0. The molecular weight excluding hydrogens is 379 g/mol. The second-order valence-electron chi connectivity index (χ2n) is 4.89. The van der Waals surface area contributed by atoms with Gasteiger partial charge in [-0.2, -0.15) is 0 Å². The van der Waals surface area contributed by atoms with Crippen LogP contribution in [0.4, 0.5) is 15.6 Å². The number of rotatable bonds is 4. The van der Waals surface area contributed by atoms with Crippen molar-refractivity contribution >= 4 is 63.5 Å². The van der Waals surface area contributed by atoms with E-state index >= 15 is 0 Å². The number of nitrogens with one attached hydrogen (secondary N) is 2. The van der Waals surface area contributed by atoms with Gasteiger partial charge >= 0.3 is 6.03 Å². The lowest BCUT2D eigenvalue weighted by Gasteiger charge is -2.07. The summed E-state index contributed by atoms with van der Waals surface area (Å²) in [5.74, 6) is 0. The molecule has 25 heavy (non-hydrogen) atoms. The van der Waals surface area contributed by atoms with Crippen LogP contribution in [0.15, 0.2) is 48.5 Å². The number of carbonyl (C=O) groups is 1. The van der Waals surface area contributed by atoms with E-state index in [0.29, 0.717) is 25.9 Å². The molecule has 1 heterocycles. The van der Waals surface area contributed by atoms with Crippen LogP contribution in [-0.2, 0) is 0 Å². The number of aromatic nitrogens is 2. The van der Waals surface area contributed by atoms with Gasteiger partial charge in [0.1, 0.15) is 5.01 Å². The molecule has 0 unspecified atom stereocenters. The Morgan fingerprint density at radius 3 is 2.56 bits per heavy atom. The Balaban J connectivity index is 1.61. The van der Waals surface area contributed by atoms with Crippen molar-refractivity contribution in [3.63, 3.8) is 0 Å². The lowest BCUT2D eigenvalue weighted by atomic mass is 10.2. The molecule has 5 nitrogen and oxygen atoms in total. The van der Waals surface area contributed by atoms with Crippen LogP contribution in [0.25, 0.3) is 12.2 Å². The molecule has 3 aromatic rings. The van der Waals surface area contributed by atoms with Crippen LogP contribution in [0.2, 0.25) is 10.0 Å². The number of nitrogens with zero attached hydrogens (tertiary/aromatic N) is 2. The highest BCUT2D eigenvalue weighted by Gasteiger charge is 2.09. The number of amides is 2. The second-order valence-corrected chi connectivity index (χ2v) is 6.75. The zero-order valence-corrected chi connectivity index (χ0v) is 15.1. The number of benzene rings is 2. The molecule has 0 saturated carbocycles. The Hall–Kier alpha value is -2.41. The van der Waals surface area contributed by atoms with Crippen molar-refractivity contribution in [2.45, 2.75) is 0 Å². The van der Waals surface area contributed by atoms with E-state index in [9.17, 15) is 4.79 Å². The van der Waals surface area contributed by atoms with Gasteiger partial charge in [0.2, 0.25) is 5.13 Å². The number of anilines is 2. The van der Waals surface area contributed by atoms with Crippen LogP contribution in [0.5, 0.6) is 0 Å². The minimum absolute atomic E-state index is 0.353. The second kappa shape index (κ2) is 8.11. The van der Waals surface area contributed by atoms with Crippen molar-refractivity contribution in [2.24, 2.45) is 0 Å². The van der Waals surface area contributed by atoms with Gasteiger partial charge in [-0.15, -0.1) is 10.2 Å². The average molecular weight is 391 g/mol. The number of urea groups is 1. The molecule has 0 aliphatic rings. The molecule has 0 atom stereocenters. The molecule has 126 valence electrons. The van der Waals surface area contributed by atoms with Crippen molar-refractivity contribution in [2.75, 3.05) is 10.6 Å². The molecule has 1 aromatic heterocycles. The zero-order valence-electron chi connectivity index (χ0n) is 12.7. The maximum absolute atomic E-state index is 12.0. The first-order valence-corrected chi connectivity index (χ1v) is 8.77. The van der Waals surface area contributed by atoms with Crippen molar-refractivity contribution in [3.8, 4) is 0 Å². The van der Waals surface area contributed by atoms with Gasteiger partial charge in [0, 0.05) is 5.02 Å². The monoisotopic (exact) mass is 390 g/mol. The molecule has 8 heteroatoms. The molecule has 2 amide bonds. The van der Waals surface area contributed by atoms with Crippen LogP contribution >= 0.6 is 34.5 Å². The highest BCUT2D eigenvalue weighted by atomic mass is 35.5. The molecule has 0 spiro atoms. The fraction of sp³-hybridized carbons (Fsp3) is 0. The average Bonchev–Trinajstić information content (AvgIpc) is 3.04. The number of carbonyl (C=O) groups excluding carboxylic acids is 1. The first kappa shape index (κ1) is 17.4. The van der Waals surface area contributed by atoms with Crippen molar-refractivity contribution < 1.29 is 4.79 Å². The van der Waals surface area contributed by atoms with Gasteiger partial charge in [-0.25, -0.2) is 4.79 Å². The Kier molecular flexibility index (Phi) is 5.65. The van der Waals surface area contributed by atoms with Gasteiger partial charge in [-0.1, -0.05) is 70.9 Å². The molecule has 2 N–H and O–H groups in total. The van der Waals surface area contributed by atoms with Gasteiger partial charge in [0.25, 0.3) is 0 Å². The normalized spacial score (nSPS) is 10.8. The van der Waals surface area contributed by atoms with E-state index in [4.69, 9.17) is 23.2 Å². The Labute approximate surface area is 158 Å². The van der Waals surface area contributed by atoms with Crippen LogP contribution in [0.1, 0.15) is 10.6 Å². The lowest BCUT2D eigenvalue weighted by molar-refractivity contribution is 0.262. The smallest absolute Gasteiger partial charge is 0.306 e. The van der Waals surface area contributed by atoms with Crippen LogP contribution in [-0.4, -0.2) is 16.2 Å². The minimum Gasteiger partial charge on any atom is -0.306 e. The standard InChI is InChI=1S/C17H12Cl2N4OS/c18-12-7-8-14(13(19)10-12)20-16(24)21-17-23-22-15(25-17)9-6-11-4-2-1-3-5-11/h1-10H,(H2,20,21,23,24)/b9-6+. The summed E-state index contributed by atoms with van der Waals surface area (Å²) in [6, 6.07) is 14.2. The topological polar surface area (TPSA) is 66.9 Å². The number of halogens is 2. The maximum Gasteiger partial charge on any atom is 0.325 e. The van der Waals surface area contributed by atoms with Gasteiger partial charge in [0.15, 0.2) is 0 Å². The van der Waals surface area contributed by atoms with E-state index < -0.39 is 6.03 Å². The van der Waals surface area contributed by atoms with E-state index in [-0.39, 0.29) is 0 Å². The molecule has 0 radical (unpaired) electrons. The summed E-state index contributed by atoms with van der Waals surface area (Å²) in [5, 5.41) is 15.1. The molecule has 2 aromatic carbocycles. The van der Waals surface area contributed by atoms with E-state index in [0.717, 1.165) is 5.56 Å². The summed E-state index contributed by atoms with van der Waals surface area (Å²) in [6.45, 7) is 0. The maximum atomic E-state index is 12.0. The molecule has 0 aliphatic carbocycles. The van der Waals surface area contributed by atoms with Crippen LogP contribution in [0.3, 0.4) is 0 Å². The van der Waals surface area contributed by atoms with Gasteiger partial charge < -0.3 is 5.32 Å². The molecule has 0 fully saturated rings. The Bertz CT molecular complexity index is 912. The van der Waals surface area contributed by atoms with Gasteiger partial charge in [-0.3, -0.25) is 5.32 Å². The van der Waals surface area contributed by atoms with Gasteiger partial charge in [-0.05, 0) is 29.8 Å². The van der Waals surface area contributed by atoms with Gasteiger partial charge in [0.05, 0.1) is 10.7 Å². The summed E-state index contributed by atoms with van der Waals surface area (Å²) >= 11 is 13.1. The van der Waals surface area contributed by atoms with Crippen LogP contribution in [0, 0.1) is 0 Å². The fourth-order valence-corrected chi connectivity index (χ4v) is 3.02. The Morgan fingerprint density at radius 2 is 1.80 bits per heavy atom. The first-order chi connectivity index (χ1) is 12.1. The third kappa shape index (κ3) is 5.03. The zero-order chi connectivity index (χ0) is 17.6. The highest BCUT2D eigenvalue weighted by Crippen LogP contribution is 2.25. The van der Waals surface area contributed by atoms with E-state index in [1.165, 1.54) is 11.3 Å². The quantitative estimate of drug-likeness (QED) is 0.603. The summed E-state index contributed by atoms with van der Waals surface area (Å²) in [5.41, 5.74) is 1.51. The number of hydrogen-bond acceptors (Lipinski definition) is 4. The molecule has 0 bridgehead atoms. The van der Waals surface area contributed by atoms with E-state index in [2.05, 4.69) is 20.8 Å². The summed E-state index contributed by atoms with van der Waals surface area (Å²) in [7, 11) is 0. The van der Waals surface area contributed by atoms with Crippen molar-refractivity contribution in [3.05, 3.63) is 69.1 Å². The number of hydrogen-bond donors (Lipinski definition) is 2. The van der Waals surface area contributed by atoms with Crippen molar-refractivity contribution in [1.29, 1.82) is 0 Å². The molecule has 0 aliphatic heterocycles. The van der Waals surface area contributed by atoms with E-state index in [1.807, 2.05) is 42.5 Å². The predicted molar refractivity (Wildman–Crippen MR) is 104 cm³/mol. The largest absolute Gasteiger partial charge is 0.325 e. The third-order valence-electron chi connectivity index (χ3n) is 3.06. The summed E-state index contributed by atoms with van der Waals surface area (Å²) in [6.07, 6.45) is 3.77.